The first-order chi connectivity index (χ1) is 12.9. The molecule has 27 heavy (non-hydrogen) atoms. The molecule has 0 amide bonds. The van der Waals surface area contributed by atoms with E-state index in [0.717, 1.165) is 49.5 Å². The molecule has 0 saturated heterocycles. The van der Waals surface area contributed by atoms with E-state index in [-0.39, 0.29) is 0 Å². The molecule has 0 radical (unpaired) electrons. The molecule has 0 heterocycles. The van der Waals surface area contributed by atoms with Gasteiger partial charge >= 0.3 is 5.97 Å². The minimum Gasteiger partial charge on any atom is -0.481 e. The zero-order chi connectivity index (χ0) is 20.9. The second kappa shape index (κ2) is 22.8. The highest BCUT2D eigenvalue weighted by molar-refractivity contribution is 8.13. The van der Waals surface area contributed by atoms with Crippen LogP contribution in [0.25, 0.3) is 0 Å². The van der Waals surface area contributed by atoms with Crippen molar-refractivity contribution < 1.29 is 14.7 Å². The van der Waals surface area contributed by atoms with Crippen molar-refractivity contribution in [3.8, 4) is 0 Å². The Labute approximate surface area is 185 Å². The third kappa shape index (κ3) is 26.5. The Kier molecular flexibility index (Phi) is 25.1. The molecular weight excluding hydrogens is 416 g/mol. The van der Waals surface area contributed by atoms with Crippen LogP contribution in [0.2, 0.25) is 0 Å². The second-order valence-corrected chi connectivity index (χ2v) is 10.8. The quantitative estimate of drug-likeness (QED) is 0.200. The lowest BCUT2D eigenvalue weighted by molar-refractivity contribution is -0.137. The summed E-state index contributed by atoms with van der Waals surface area (Å²) in [5.41, 5.74) is 0. The number of carboxylic acid groups (broad SMARTS) is 1. The van der Waals surface area contributed by atoms with Gasteiger partial charge in [-0.05, 0) is 55.6 Å². The number of unbranched alkanes of at least 4 members (excludes halogenated alkanes) is 3. The monoisotopic (exact) mass is 456 g/mol. The van der Waals surface area contributed by atoms with Crippen LogP contribution in [0.3, 0.4) is 0 Å². The Morgan fingerprint density at radius 1 is 0.963 bits per heavy atom. The standard InChI is InChI=1S/C10H20O2S2.C10H20OS2/c1-13-8-7-9(14-2)5-3-4-6-10(11)12;1-3-4-5-6-10(11)13-8-7-9(2)12/h9H,3-8H2,1-2H3,(H,11,12);9,12H,3-8H2,1-2H3. The van der Waals surface area contributed by atoms with Gasteiger partial charge in [0.25, 0.3) is 0 Å². The van der Waals surface area contributed by atoms with Crippen LogP contribution in [-0.4, -0.2) is 50.7 Å². The van der Waals surface area contributed by atoms with Gasteiger partial charge in [-0.2, -0.15) is 36.2 Å². The average Bonchev–Trinajstić information content (AvgIpc) is 2.61. The van der Waals surface area contributed by atoms with Gasteiger partial charge in [0.05, 0.1) is 0 Å². The van der Waals surface area contributed by atoms with Gasteiger partial charge in [0, 0.05) is 23.8 Å². The van der Waals surface area contributed by atoms with Gasteiger partial charge in [-0.1, -0.05) is 44.9 Å². The summed E-state index contributed by atoms with van der Waals surface area (Å²) >= 11 is 9.52. The number of carbonyl (C=O) groups excluding carboxylic acids is 1. The Balaban J connectivity index is 0. The molecule has 2 unspecified atom stereocenters. The van der Waals surface area contributed by atoms with Crippen LogP contribution in [0.5, 0.6) is 0 Å². The molecular formula is C20H40O3S4. The molecule has 0 bridgehead atoms. The number of carboxylic acids is 1. The van der Waals surface area contributed by atoms with E-state index in [1.807, 2.05) is 23.5 Å². The Morgan fingerprint density at radius 2 is 1.63 bits per heavy atom. The average molecular weight is 457 g/mol. The molecule has 0 aromatic rings. The smallest absolute Gasteiger partial charge is 0.303 e. The molecule has 0 aliphatic carbocycles. The van der Waals surface area contributed by atoms with Crippen molar-refractivity contribution in [2.24, 2.45) is 0 Å². The topological polar surface area (TPSA) is 54.4 Å². The lowest BCUT2D eigenvalue weighted by atomic mass is 10.1. The third-order valence-electron chi connectivity index (χ3n) is 3.93. The Hall–Kier alpha value is 0.540. The summed E-state index contributed by atoms with van der Waals surface area (Å²) in [6, 6.07) is 0. The van der Waals surface area contributed by atoms with Gasteiger partial charge in [-0.15, -0.1) is 0 Å². The molecule has 1 N–H and O–H groups in total. The maximum atomic E-state index is 11.2. The predicted molar refractivity (Wildman–Crippen MR) is 131 cm³/mol. The van der Waals surface area contributed by atoms with E-state index >= 15 is 0 Å². The number of carbonyl (C=O) groups is 2. The predicted octanol–water partition coefficient (Wildman–Crippen LogP) is 6.65. The molecule has 0 aliphatic rings. The molecule has 0 aromatic heterocycles. The molecule has 0 rings (SSSR count). The van der Waals surface area contributed by atoms with Crippen molar-refractivity contribution in [2.75, 3.05) is 24.0 Å². The molecule has 0 saturated carbocycles. The first-order valence-electron chi connectivity index (χ1n) is 9.94. The van der Waals surface area contributed by atoms with Crippen molar-refractivity contribution in [2.45, 2.75) is 88.6 Å². The fourth-order valence-electron chi connectivity index (χ4n) is 2.21. The number of thioether (sulfide) groups is 3. The summed E-state index contributed by atoms with van der Waals surface area (Å²) in [7, 11) is 0. The van der Waals surface area contributed by atoms with Crippen molar-refractivity contribution >= 4 is 59.0 Å². The lowest BCUT2D eigenvalue weighted by Gasteiger charge is -2.12. The number of rotatable bonds is 16. The Morgan fingerprint density at radius 3 is 2.15 bits per heavy atom. The molecule has 162 valence electrons. The molecule has 0 spiro atoms. The van der Waals surface area contributed by atoms with E-state index in [0.29, 0.717) is 16.8 Å². The molecule has 0 aromatic carbocycles. The van der Waals surface area contributed by atoms with Gasteiger partial charge in [0.2, 0.25) is 0 Å². The Bertz CT molecular complexity index is 352. The lowest BCUT2D eigenvalue weighted by Crippen LogP contribution is -2.04. The number of hydrogen-bond acceptors (Lipinski definition) is 6. The second-order valence-electron chi connectivity index (χ2n) is 6.59. The molecule has 0 aliphatic heterocycles. The zero-order valence-corrected chi connectivity index (χ0v) is 20.9. The van der Waals surface area contributed by atoms with Crippen LogP contribution >= 0.6 is 47.9 Å². The van der Waals surface area contributed by atoms with Crippen LogP contribution < -0.4 is 0 Å². The number of thiol groups is 1. The van der Waals surface area contributed by atoms with E-state index in [4.69, 9.17) is 5.11 Å². The van der Waals surface area contributed by atoms with Crippen molar-refractivity contribution in [1.82, 2.24) is 0 Å². The van der Waals surface area contributed by atoms with Crippen molar-refractivity contribution in [3.63, 3.8) is 0 Å². The maximum absolute atomic E-state index is 11.2. The van der Waals surface area contributed by atoms with Crippen LogP contribution in [0.4, 0.5) is 0 Å². The first-order valence-corrected chi connectivity index (χ1v) is 14.1. The van der Waals surface area contributed by atoms with E-state index in [1.54, 1.807) is 0 Å². The van der Waals surface area contributed by atoms with Crippen LogP contribution in [0, 0.1) is 0 Å². The van der Waals surface area contributed by atoms with E-state index in [2.05, 4.69) is 39.0 Å². The molecule has 7 heteroatoms. The SMILES string of the molecule is CCCCCC(=O)SCCC(C)S.CSCCC(CCCCC(=O)O)SC. The summed E-state index contributed by atoms with van der Waals surface area (Å²) < 4.78 is 0. The molecule has 2 atom stereocenters. The van der Waals surface area contributed by atoms with E-state index in [1.165, 1.54) is 36.8 Å². The normalized spacial score (nSPS) is 12.8. The fraction of sp³-hybridized carbons (Fsp3) is 0.900. The van der Waals surface area contributed by atoms with Crippen LogP contribution in [-0.2, 0) is 9.59 Å². The van der Waals surface area contributed by atoms with E-state index in [9.17, 15) is 9.59 Å². The highest BCUT2D eigenvalue weighted by Gasteiger charge is 2.06. The fourth-order valence-corrected chi connectivity index (χ4v) is 4.93. The van der Waals surface area contributed by atoms with E-state index < -0.39 is 5.97 Å². The highest BCUT2D eigenvalue weighted by atomic mass is 32.2. The minimum absolute atomic E-state index is 0.323. The van der Waals surface area contributed by atoms with Gasteiger partial charge in [-0.25, -0.2) is 0 Å². The van der Waals surface area contributed by atoms with Crippen molar-refractivity contribution in [3.05, 3.63) is 0 Å². The van der Waals surface area contributed by atoms with Gasteiger partial charge in [-0.3, -0.25) is 9.59 Å². The van der Waals surface area contributed by atoms with Gasteiger partial charge in [0.1, 0.15) is 0 Å². The largest absolute Gasteiger partial charge is 0.481 e. The maximum Gasteiger partial charge on any atom is 0.303 e. The van der Waals surface area contributed by atoms with Gasteiger partial charge in [0.15, 0.2) is 5.12 Å². The summed E-state index contributed by atoms with van der Waals surface area (Å²) in [5, 5.41) is 9.95. The first kappa shape index (κ1) is 29.7. The molecule has 3 nitrogen and oxygen atoms in total. The summed E-state index contributed by atoms with van der Waals surface area (Å²) in [6.45, 7) is 4.21. The van der Waals surface area contributed by atoms with Crippen LogP contribution in [0.1, 0.15) is 78.1 Å². The van der Waals surface area contributed by atoms with Gasteiger partial charge < -0.3 is 5.11 Å². The highest BCUT2D eigenvalue weighted by Crippen LogP contribution is 2.20. The third-order valence-corrected chi connectivity index (χ3v) is 6.93. The van der Waals surface area contributed by atoms with Crippen LogP contribution in [0.15, 0.2) is 0 Å². The number of hydrogen-bond donors (Lipinski definition) is 2. The number of aliphatic carboxylic acids is 1. The zero-order valence-electron chi connectivity index (χ0n) is 17.6. The van der Waals surface area contributed by atoms with Crippen molar-refractivity contribution in [1.29, 1.82) is 0 Å². The molecule has 0 fully saturated rings. The summed E-state index contributed by atoms with van der Waals surface area (Å²) in [6.07, 6.45) is 14.1. The minimum atomic E-state index is -0.671. The summed E-state index contributed by atoms with van der Waals surface area (Å²) in [5.74, 6) is 1.47. The summed E-state index contributed by atoms with van der Waals surface area (Å²) in [4.78, 5) is 21.5.